The molecule has 0 spiro atoms. The Morgan fingerprint density at radius 1 is 1.23 bits per heavy atom. The van der Waals surface area contributed by atoms with Gasteiger partial charge in [0.25, 0.3) is 0 Å². The van der Waals surface area contributed by atoms with E-state index in [2.05, 4.69) is 0 Å². The van der Waals surface area contributed by atoms with Crippen LogP contribution in [0.15, 0.2) is 11.1 Å². The first-order chi connectivity index (χ1) is 5.80. The normalized spacial score (nSPS) is 35.6. The molecule has 0 aromatic carbocycles. The highest BCUT2D eigenvalue weighted by molar-refractivity contribution is 6.16. The first-order valence-corrected chi connectivity index (χ1v) is 4.29. The molecular weight excluding hydrogens is 168 g/mol. The van der Waals surface area contributed by atoms with Gasteiger partial charge in [0.1, 0.15) is 5.60 Å². The maximum Gasteiger partial charge on any atom is 0.190 e. The van der Waals surface area contributed by atoms with Gasteiger partial charge < -0.3 is 5.11 Å². The number of allylic oxidation sites excluding steroid dienone is 1. The van der Waals surface area contributed by atoms with E-state index in [1.54, 1.807) is 20.8 Å². The van der Waals surface area contributed by atoms with Gasteiger partial charge in [-0.05, 0) is 26.3 Å². The summed E-state index contributed by atoms with van der Waals surface area (Å²) < 4.78 is 0. The highest BCUT2D eigenvalue weighted by atomic mass is 16.3. The van der Waals surface area contributed by atoms with Crippen molar-refractivity contribution in [2.45, 2.75) is 33.3 Å². The summed E-state index contributed by atoms with van der Waals surface area (Å²) in [6, 6.07) is 0. The molecule has 0 bridgehead atoms. The molecule has 1 N–H and O–H groups in total. The molecule has 1 rings (SSSR count). The third-order valence-electron chi connectivity index (χ3n) is 2.97. The number of carbonyl (C=O) groups is 2. The molecule has 0 radical (unpaired) electrons. The van der Waals surface area contributed by atoms with Gasteiger partial charge in [-0.1, -0.05) is 6.92 Å². The van der Waals surface area contributed by atoms with Crippen LogP contribution in [0.2, 0.25) is 0 Å². The zero-order valence-corrected chi connectivity index (χ0v) is 8.34. The van der Waals surface area contributed by atoms with E-state index < -0.39 is 11.5 Å². The molecule has 1 aliphatic rings. The third kappa shape index (κ3) is 1.23. The van der Waals surface area contributed by atoms with Crippen molar-refractivity contribution in [1.82, 2.24) is 0 Å². The molecule has 0 saturated heterocycles. The molecule has 0 amide bonds. The summed E-state index contributed by atoms with van der Waals surface area (Å²) in [5.74, 6) is -1.11. The van der Waals surface area contributed by atoms with Gasteiger partial charge >= 0.3 is 0 Å². The molecule has 0 unspecified atom stereocenters. The van der Waals surface area contributed by atoms with Crippen LogP contribution in [-0.2, 0) is 9.59 Å². The minimum atomic E-state index is -1.53. The smallest absolute Gasteiger partial charge is 0.190 e. The van der Waals surface area contributed by atoms with E-state index in [-0.39, 0.29) is 11.6 Å². The summed E-state index contributed by atoms with van der Waals surface area (Å²) in [4.78, 5) is 23.1. The van der Waals surface area contributed by atoms with Gasteiger partial charge in [0.15, 0.2) is 11.6 Å². The molecule has 2 atom stereocenters. The highest BCUT2D eigenvalue weighted by Crippen LogP contribution is 2.31. The molecule has 1 aliphatic carbocycles. The van der Waals surface area contributed by atoms with Gasteiger partial charge in [-0.25, -0.2) is 0 Å². The van der Waals surface area contributed by atoms with E-state index in [4.69, 9.17) is 0 Å². The Morgan fingerprint density at radius 3 is 2.15 bits per heavy atom. The number of aliphatic hydroxyl groups is 1. The highest BCUT2D eigenvalue weighted by Gasteiger charge is 2.45. The van der Waals surface area contributed by atoms with E-state index in [0.29, 0.717) is 11.1 Å². The number of ketones is 2. The number of rotatable bonds is 0. The fraction of sp³-hybridized carbons (Fsp3) is 0.600. The lowest BCUT2D eigenvalue weighted by Crippen LogP contribution is -2.49. The van der Waals surface area contributed by atoms with Crippen molar-refractivity contribution < 1.29 is 14.7 Å². The van der Waals surface area contributed by atoms with Crippen LogP contribution in [0.3, 0.4) is 0 Å². The Kier molecular flexibility index (Phi) is 2.16. The van der Waals surface area contributed by atoms with Crippen LogP contribution in [0, 0.1) is 5.92 Å². The van der Waals surface area contributed by atoms with Crippen molar-refractivity contribution in [3.05, 3.63) is 11.1 Å². The standard InChI is InChI=1S/C10H14O3/c1-5-6(2)9(12)10(4,13)7(3)8(5)11/h7,13H,1-4H3/t7-,10-/m1/s1. The number of carbonyl (C=O) groups excluding carboxylic acids is 2. The van der Waals surface area contributed by atoms with Crippen LogP contribution in [0.1, 0.15) is 27.7 Å². The van der Waals surface area contributed by atoms with Crippen LogP contribution in [0.5, 0.6) is 0 Å². The predicted molar refractivity (Wildman–Crippen MR) is 48.2 cm³/mol. The summed E-state index contributed by atoms with van der Waals surface area (Å²) in [6.45, 7) is 6.18. The molecule has 0 aromatic heterocycles. The van der Waals surface area contributed by atoms with Crippen molar-refractivity contribution in [2.75, 3.05) is 0 Å². The van der Waals surface area contributed by atoms with Crippen molar-refractivity contribution in [3.63, 3.8) is 0 Å². The third-order valence-corrected chi connectivity index (χ3v) is 2.97. The van der Waals surface area contributed by atoms with Gasteiger partial charge in [-0.3, -0.25) is 9.59 Å². The number of hydrogen-bond donors (Lipinski definition) is 1. The largest absolute Gasteiger partial charge is 0.381 e. The van der Waals surface area contributed by atoms with Crippen LogP contribution in [-0.4, -0.2) is 22.3 Å². The van der Waals surface area contributed by atoms with E-state index in [1.807, 2.05) is 0 Å². The van der Waals surface area contributed by atoms with Crippen molar-refractivity contribution in [3.8, 4) is 0 Å². The van der Waals surface area contributed by atoms with Crippen molar-refractivity contribution >= 4 is 11.6 Å². The number of Topliss-reactive ketones (excluding diaryl/α,β-unsaturated/α-hetero) is 2. The molecule has 72 valence electrons. The first-order valence-electron chi connectivity index (χ1n) is 4.29. The maximum absolute atomic E-state index is 11.6. The fourth-order valence-electron chi connectivity index (χ4n) is 1.51. The van der Waals surface area contributed by atoms with Gasteiger partial charge in [0.2, 0.25) is 0 Å². The van der Waals surface area contributed by atoms with Crippen LogP contribution in [0.4, 0.5) is 0 Å². The molecule has 0 aromatic rings. The summed E-state index contributed by atoms with van der Waals surface area (Å²) in [5, 5.41) is 9.77. The minimum Gasteiger partial charge on any atom is -0.381 e. The second kappa shape index (κ2) is 2.77. The topological polar surface area (TPSA) is 54.4 Å². The van der Waals surface area contributed by atoms with E-state index in [0.717, 1.165) is 0 Å². The molecular formula is C10H14O3. The fourth-order valence-corrected chi connectivity index (χ4v) is 1.51. The SMILES string of the molecule is CC1=C(C)C(=O)[C@](C)(O)[C@H](C)C1=O. The zero-order chi connectivity index (χ0) is 10.4. The van der Waals surface area contributed by atoms with Crippen LogP contribution < -0.4 is 0 Å². The summed E-state index contributed by atoms with van der Waals surface area (Å²) >= 11 is 0. The molecule has 0 saturated carbocycles. The average Bonchev–Trinajstić information content (AvgIpc) is 2.09. The Bertz CT molecular complexity index is 310. The monoisotopic (exact) mass is 182 g/mol. The molecule has 0 fully saturated rings. The Labute approximate surface area is 77.4 Å². The average molecular weight is 182 g/mol. The zero-order valence-electron chi connectivity index (χ0n) is 8.34. The van der Waals surface area contributed by atoms with Gasteiger partial charge in [-0.15, -0.1) is 0 Å². The van der Waals surface area contributed by atoms with Crippen molar-refractivity contribution in [2.24, 2.45) is 5.92 Å². The summed E-state index contributed by atoms with van der Waals surface area (Å²) in [6.07, 6.45) is 0. The summed E-state index contributed by atoms with van der Waals surface area (Å²) in [7, 11) is 0. The quantitative estimate of drug-likeness (QED) is 0.604. The second-order valence-electron chi connectivity index (χ2n) is 3.81. The Hall–Kier alpha value is -0.960. The predicted octanol–water partition coefficient (Wildman–Crippen LogP) is 0.862. The lowest BCUT2D eigenvalue weighted by molar-refractivity contribution is -0.145. The van der Waals surface area contributed by atoms with Gasteiger partial charge in [0.05, 0.1) is 5.92 Å². The van der Waals surface area contributed by atoms with Gasteiger partial charge in [-0.2, -0.15) is 0 Å². The number of hydrogen-bond acceptors (Lipinski definition) is 3. The lowest BCUT2D eigenvalue weighted by atomic mass is 9.73. The van der Waals surface area contributed by atoms with E-state index in [9.17, 15) is 14.7 Å². The van der Waals surface area contributed by atoms with Crippen molar-refractivity contribution in [1.29, 1.82) is 0 Å². The second-order valence-corrected chi connectivity index (χ2v) is 3.81. The molecule has 3 nitrogen and oxygen atoms in total. The molecule has 0 heterocycles. The Morgan fingerprint density at radius 2 is 1.69 bits per heavy atom. The van der Waals surface area contributed by atoms with E-state index in [1.165, 1.54) is 6.92 Å². The lowest BCUT2D eigenvalue weighted by Gasteiger charge is -2.33. The Balaban J connectivity index is 3.31. The molecule has 3 heteroatoms. The van der Waals surface area contributed by atoms with E-state index >= 15 is 0 Å². The van der Waals surface area contributed by atoms with Crippen LogP contribution in [0.25, 0.3) is 0 Å². The summed E-state index contributed by atoms with van der Waals surface area (Å²) in [5.41, 5.74) is -0.669. The minimum absolute atomic E-state index is 0.137. The first kappa shape index (κ1) is 10.1. The molecule has 13 heavy (non-hydrogen) atoms. The van der Waals surface area contributed by atoms with Crippen LogP contribution >= 0.6 is 0 Å². The maximum atomic E-state index is 11.6. The van der Waals surface area contributed by atoms with Gasteiger partial charge in [0, 0.05) is 5.57 Å². The molecule has 0 aliphatic heterocycles.